The van der Waals surface area contributed by atoms with Crippen LogP contribution < -0.4 is 10.6 Å². The monoisotopic (exact) mass is 426 g/mol. The predicted molar refractivity (Wildman–Crippen MR) is 124 cm³/mol. The van der Waals surface area contributed by atoms with Gasteiger partial charge in [-0.05, 0) is 22.9 Å². The van der Waals surface area contributed by atoms with Gasteiger partial charge in [-0.25, -0.2) is 0 Å². The number of thioether (sulfide) groups is 2. The Balaban J connectivity index is 1.46. The summed E-state index contributed by atoms with van der Waals surface area (Å²) in [5.74, 6) is -0.489. The standard InChI is InChI=1S/C24H14N2O2S2/c27-23-21(29-17-11-9-13-5-1-3-7-15(13)19(17)25-23)22-24(28)26-20-16-8-4-2-6-14(16)10-12-18(20)30-22/h1-12H,(H,25,27)(H,26,28)/b22-21+. The summed E-state index contributed by atoms with van der Waals surface area (Å²) in [7, 11) is 0. The third-order valence-electron chi connectivity index (χ3n) is 5.30. The fourth-order valence-electron chi connectivity index (χ4n) is 3.88. The van der Waals surface area contributed by atoms with Crippen LogP contribution in [0.2, 0.25) is 0 Å². The number of anilines is 2. The first-order chi connectivity index (χ1) is 14.7. The van der Waals surface area contributed by atoms with E-state index in [1.54, 1.807) is 0 Å². The molecule has 4 aromatic carbocycles. The largest absolute Gasteiger partial charge is 0.320 e. The molecule has 0 saturated carbocycles. The lowest BCUT2D eigenvalue weighted by Crippen LogP contribution is -2.24. The molecule has 0 spiro atoms. The number of carbonyl (C=O) groups excluding carboxylic acids is 2. The molecule has 4 aromatic rings. The Bertz CT molecular complexity index is 1330. The highest BCUT2D eigenvalue weighted by Crippen LogP contribution is 2.49. The highest BCUT2D eigenvalue weighted by Gasteiger charge is 2.32. The summed E-state index contributed by atoms with van der Waals surface area (Å²) in [6.45, 7) is 0. The highest BCUT2D eigenvalue weighted by molar-refractivity contribution is 8.08. The molecule has 6 heteroatoms. The summed E-state index contributed by atoms with van der Waals surface area (Å²) in [5, 5.41) is 10.2. The minimum atomic E-state index is -0.245. The van der Waals surface area contributed by atoms with Crippen molar-refractivity contribution in [2.24, 2.45) is 0 Å². The maximum absolute atomic E-state index is 13.0. The summed E-state index contributed by atoms with van der Waals surface area (Å²) in [4.78, 5) is 28.7. The van der Waals surface area contributed by atoms with Crippen LogP contribution in [0, 0.1) is 0 Å². The van der Waals surface area contributed by atoms with Crippen molar-refractivity contribution in [1.29, 1.82) is 0 Å². The fraction of sp³-hybridized carbons (Fsp3) is 0. The van der Waals surface area contributed by atoms with E-state index in [1.165, 1.54) is 23.5 Å². The van der Waals surface area contributed by atoms with Crippen LogP contribution in [-0.4, -0.2) is 11.8 Å². The average Bonchev–Trinajstić information content (AvgIpc) is 2.78. The summed E-state index contributed by atoms with van der Waals surface area (Å²) < 4.78 is 0. The maximum atomic E-state index is 13.0. The topological polar surface area (TPSA) is 58.2 Å². The second kappa shape index (κ2) is 6.65. The number of nitrogens with one attached hydrogen (secondary N) is 2. The lowest BCUT2D eigenvalue weighted by Gasteiger charge is -2.25. The number of carbonyl (C=O) groups is 2. The van der Waals surface area contributed by atoms with Crippen molar-refractivity contribution < 1.29 is 9.59 Å². The molecule has 0 fully saturated rings. The Morgan fingerprint density at radius 1 is 0.533 bits per heavy atom. The zero-order valence-corrected chi connectivity index (χ0v) is 17.2. The minimum Gasteiger partial charge on any atom is -0.320 e. The molecule has 2 heterocycles. The smallest absolute Gasteiger partial charge is 0.263 e. The molecule has 0 saturated heterocycles. The number of benzene rings is 4. The van der Waals surface area contributed by atoms with Gasteiger partial charge in [-0.15, -0.1) is 0 Å². The van der Waals surface area contributed by atoms with E-state index in [2.05, 4.69) is 10.6 Å². The van der Waals surface area contributed by atoms with Gasteiger partial charge in [-0.2, -0.15) is 0 Å². The van der Waals surface area contributed by atoms with Gasteiger partial charge in [0, 0.05) is 20.6 Å². The van der Waals surface area contributed by atoms with E-state index in [4.69, 9.17) is 0 Å². The first-order valence-electron chi connectivity index (χ1n) is 9.45. The normalized spacial score (nSPS) is 18.0. The third kappa shape index (κ3) is 2.65. The molecule has 2 aliphatic heterocycles. The predicted octanol–water partition coefficient (Wildman–Crippen LogP) is 5.99. The molecule has 0 atom stereocenters. The average molecular weight is 427 g/mol. The molecular weight excluding hydrogens is 412 g/mol. The Morgan fingerprint density at radius 3 is 1.43 bits per heavy atom. The molecule has 6 rings (SSSR count). The zero-order valence-electron chi connectivity index (χ0n) is 15.6. The van der Waals surface area contributed by atoms with Crippen molar-refractivity contribution in [1.82, 2.24) is 0 Å². The van der Waals surface area contributed by atoms with E-state index in [0.717, 1.165) is 42.7 Å². The second-order valence-corrected chi connectivity index (χ2v) is 9.19. The molecule has 0 bridgehead atoms. The molecule has 30 heavy (non-hydrogen) atoms. The molecule has 2 aliphatic rings. The van der Waals surface area contributed by atoms with Gasteiger partial charge in [-0.1, -0.05) is 84.2 Å². The third-order valence-corrected chi connectivity index (χ3v) is 7.74. The van der Waals surface area contributed by atoms with Crippen molar-refractivity contribution in [2.75, 3.05) is 10.6 Å². The van der Waals surface area contributed by atoms with Crippen LogP contribution in [0.15, 0.2) is 92.4 Å². The van der Waals surface area contributed by atoms with Gasteiger partial charge in [0.05, 0.1) is 21.2 Å². The van der Waals surface area contributed by atoms with Gasteiger partial charge in [0.2, 0.25) is 0 Å². The Hall–Kier alpha value is -3.22. The fourth-order valence-corrected chi connectivity index (χ4v) is 6.03. The van der Waals surface area contributed by atoms with Crippen LogP contribution in [0.5, 0.6) is 0 Å². The van der Waals surface area contributed by atoms with Gasteiger partial charge in [0.15, 0.2) is 0 Å². The minimum absolute atomic E-state index is 0.245. The summed E-state index contributed by atoms with van der Waals surface area (Å²) in [6, 6.07) is 24.0. The first kappa shape index (κ1) is 17.6. The van der Waals surface area contributed by atoms with Gasteiger partial charge >= 0.3 is 0 Å². The molecule has 0 aliphatic carbocycles. The summed E-state index contributed by atoms with van der Waals surface area (Å²) >= 11 is 2.71. The highest BCUT2D eigenvalue weighted by atomic mass is 32.2. The Kier molecular flexibility index (Phi) is 3.91. The SMILES string of the molecule is O=C1Nc2c(ccc3ccccc23)S/C1=C1/Sc2ccc3ccccc3c2NC1=O. The number of hydrogen-bond acceptors (Lipinski definition) is 4. The Morgan fingerprint density at radius 2 is 0.967 bits per heavy atom. The van der Waals surface area contributed by atoms with E-state index < -0.39 is 0 Å². The van der Waals surface area contributed by atoms with Crippen molar-refractivity contribution in [3.8, 4) is 0 Å². The Labute approximate surface area is 180 Å². The number of fused-ring (bicyclic) bond motifs is 6. The van der Waals surface area contributed by atoms with Crippen molar-refractivity contribution >= 4 is 68.3 Å². The second-order valence-electron chi connectivity index (χ2n) is 7.09. The van der Waals surface area contributed by atoms with E-state index >= 15 is 0 Å². The summed E-state index contributed by atoms with van der Waals surface area (Å²) in [6.07, 6.45) is 0. The molecule has 0 radical (unpaired) electrons. The van der Waals surface area contributed by atoms with E-state index in [-0.39, 0.29) is 11.8 Å². The van der Waals surface area contributed by atoms with Crippen LogP contribution in [0.25, 0.3) is 21.5 Å². The number of rotatable bonds is 0. The first-order valence-corrected chi connectivity index (χ1v) is 11.1. The molecule has 4 nitrogen and oxygen atoms in total. The van der Waals surface area contributed by atoms with Crippen molar-refractivity contribution in [3.63, 3.8) is 0 Å². The van der Waals surface area contributed by atoms with E-state index in [9.17, 15) is 9.59 Å². The summed E-state index contributed by atoms with van der Waals surface area (Å²) in [5.41, 5.74) is 1.61. The van der Waals surface area contributed by atoms with Crippen LogP contribution in [0.1, 0.15) is 0 Å². The molecule has 0 unspecified atom stereocenters. The molecule has 2 N–H and O–H groups in total. The van der Waals surface area contributed by atoms with Crippen LogP contribution in [0.3, 0.4) is 0 Å². The van der Waals surface area contributed by atoms with E-state index in [1.807, 2.05) is 72.8 Å². The zero-order chi connectivity index (χ0) is 20.2. The lowest BCUT2D eigenvalue weighted by atomic mass is 10.1. The van der Waals surface area contributed by atoms with Gasteiger partial charge in [-0.3, -0.25) is 9.59 Å². The van der Waals surface area contributed by atoms with Crippen LogP contribution >= 0.6 is 23.5 Å². The molecule has 144 valence electrons. The van der Waals surface area contributed by atoms with Gasteiger partial charge < -0.3 is 10.6 Å². The van der Waals surface area contributed by atoms with Gasteiger partial charge in [0.1, 0.15) is 0 Å². The van der Waals surface area contributed by atoms with Gasteiger partial charge in [0.25, 0.3) is 11.8 Å². The number of hydrogen-bond donors (Lipinski definition) is 2. The van der Waals surface area contributed by atoms with Crippen LogP contribution in [-0.2, 0) is 9.59 Å². The van der Waals surface area contributed by atoms with Crippen molar-refractivity contribution in [2.45, 2.75) is 9.79 Å². The van der Waals surface area contributed by atoms with Crippen molar-refractivity contribution in [3.05, 3.63) is 82.6 Å². The van der Waals surface area contributed by atoms with E-state index in [0.29, 0.717) is 9.81 Å². The number of amides is 2. The van der Waals surface area contributed by atoms with Crippen LogP contribution in [0.4, 0.5) is 11.4 Å². The lowest BCUT2D eigenvalue weighted by molar-refractivity contribution is -0.114. The molecule has 2 amide bonds. The quantitative estimate of drug-likeness (QED) is 0.339. The maximum Gasteiger partial charge on any atom is 0.263 e. The molecular formula is C24H14N2O2S2. The molecule has 0 aromatic heterocycles.